The molecule has 2 amide bonds. The van der Waals surface area contributed by atoms with Gasteiger partial charge >= 0.3 is 6.18 Å². The first-order chi connectivity index (χ1) is 13.7. The molecular formula is C19H18F3N3O4. The number of likely N-dealkylation sites (N-methyl/N-ethyl adjacent to an activating group) is 1. The van der Waals surface area contributed by atoms with E-state index >= 15 is 0 Å². The van der Waals surface area contributed by atoms with Crippen molar-refractivity contribution in [2.24, 2.45) is 0 Å². The van der Waals surface area contributed by atoms with Crippen LogP contribution in [0.3, 0.4) is 0 Å². The average Bonchev–Trinajstić information content (AvgIpc) is 3.00. The largest absolute Gasteiger partial charge is 0.495 e. The first-order valence-electron chi connectivity index (χ1n) is 8.64. The summed E-state index contributed by atoms with van der Waals surface area (Å²) in [5, 5.41) is 2.68. The molecule has 2 aromatic rings. The highest BCUT2D eigenvalue weighted by atomic mass is 19.4. The standard InChI is InChI=1S/C19H18F3N3O4/c1-25-14(4-6-17(25)26)18(27)24-13-10-12(3-5-15(13)28-2)29-16-9-11(7-8-23-16)19(20,21)22/h3,5,7-10,14H,4,6H2,1-2H3,(H,24,27). The van der Waals surface area contributed by atoms with E-state index in [0.29, 0.717) is 12.2 Å². The number of hydrogen-bond acceptors (Lipinski definition) is 5. The van der Waals surface area contributed by atoms with Gasteiger partial charge in [-0.25, -0.2) is 4.98 Å². The molecule has 3 rings (SSSR count). The zero-order valence-corrected chi connectivity index (χ0v) is 15.6. The number of hydrogen-bond donors (Lipinski definition) is 1. The van der Waals surface area contributed by atoms with Gasteiger partial charge in [0.15, 0.2) is 0 Å². The van der Waals surface area contributed by atoms with Gasteiger partial charge in [0.1, 0.15) is 17.5 Å². The number of carbonyl (C=O) groups is 2. The fourth-order valence-corrected chi connectivity index (χ4v) is 2.94. The van der Waals surface area contributed by atoms with Crippen molar-refractivity contribution in [2.75, 3.05) is 19.5 Å². The summed E-state index contributed by atoms with van der Waals surface area (Å²) in [6, 6.07) is 5.40. The number of carbonyl (C=O) groups excluding carboxylic acids is 2. The monoisotopic (exact) mass is 409 g/mol. The maximum atomic E-state index is 12.8. The van der Waals surface area contributed by atoms with E-state index in [4.69, 9.17) is 9.47 Å². The minimum absolute atomic E-state index is 0.121. The summed E-state index contributed by atoms with van der Waals surface area (Å²) in [5.74, 6) is -0.280. The van der Waals surface area contributed by atoms with Crippen molar-refractivity contribution < 1.29 is 32.2 Å². The Bertz CT molecular complexity index is 933. The Hall–Kier alpha value is -3.30. The van der Waals surface area contributed by atoms with E-state index in [-0.39, 0.29) is 29.6 Å². The summed E-state index contributed by atoms with van der Waals surface area (Å²) in [6.07, 6.45) is -2.84. The maximum Gasteiger partial charge on any atom is 0.416 e. The van der Waals surface area contributed by atoms with Crippen LogP contribution in [0.5, 0.6) is 17.4 Å². The number of nitrogens with one attached hydrogen (secondary N) is 1. The van der Waals surface area contributed by atoms with Gasteiger partial charge < -0.3 is 19.7 Å². The molecule has 2 heterocycles. The Kier molecular flexibility index (Phi) is 5.62. The highest BCUT2D eigenvalue weighted by Crippen LogP contribution is 2.34. The molecule has 1 aromatic carbocycles. The van der Waals surface area contributed by atoms with E-state index in [2.05, 4.69) is 10.3 Å². The molecule has 1 aromatic heterocycles. The predicted octanol–water partition coefficient (Wildman–Crippen LogP) is 3.46. The fraction of sp³-hybridized carbons (Fsp3) is 0.316. The predicted molar refractivity (Wildman–Crippen MR) is 96.7 cm³/mol. The molecule has 154 valence electrons. The van der Waals surface area contributed by atoms with Crippen LogP contribution in [0.15, 0.2) is 36.5 Å². The Balaban J connectivity index is 1.80. The number of nitrogens with zero attached hydrogens (tertiary/aromatic N) is 2. The summed E-state index contributed by atoms with van der Waals surface area (Å²) in [6.45, 7) is 0. The average molecular weight is 409 g/mol. The van der Waals surface area contributed by atoms with E-state index in [9.17, 15) is 22.8 Å². The molecule has 1 atom stereocenters. The van der Waals surface area contributed by atoms with Gasteiger partial charge in [0.25, 0.3) is 0 Å². The smallest absolute Gasteiger partial charge is 0.416 e. The zero-order chi connectivity index (χ0) is 21.2. The van der Waals surface area contributed by atoms with Crippen LogP contribution in [-0.4, -0.2) is 41.9 Å². The maximum absolute atomic E-state index is 12.8. The zero-order valence-electron chi connectivity index (χ0n) is 15.6. The second-order valence-electron chi connectivity index (χ2n) is 6.39. The van der Waals surface area contributed by atoms with Crippen molar-refractivity contribution in [3.05, 3.63) is 42.1 Å². The summed E-state index contributed by atoms with van der Waals surface area (Å²) in [7, 11) is 2.96. The summed E-state index contributed by atoms with van der Waals surface area (Å²) < 4.78 is 49.2. The van der Waals surface area contributed by atoms with Crippen LogP contribution >= 0.6 is 0 Å². The third-order valence-electron chi connectivity index (χ3n) is 4.51. The molecule has 0 aliphatic carbocycles. The van der Waals surface area contributed by atoms with Gasteiger partial charge in [-0.15, -0.1) is 0 Å². The van der Waals surface area contributed by atoms with Gasteiger partial charge in [-0.1, -0.05) is 0 Å². The van der Waals surface area contributed by atoms with Gasteiger partial charge in [0.2, 0.25) is 17.7 Å². The fourth-order valence-electron chi connectivity index (χ4n) is 2.94. The number of aromatic nitrogens is 1. The number of rotatable bonds is 5. The first-order valence-corrected chi connectivity index (χ1v) is 8.64. The van der Waals surface area contributed by atoms with Crippen molar-refractivity contribution >= 4 is 17.5 Å². The van der Waals surface area contributed by atoms with Crippen LogP contribution < -0.4 is 14.8 Å². The molecule has 0 spiro atoms. The molecule has 0 saturated carbocycles. The number of amides is 2. The number of anilines is 1. The highest BCUT2D eigenvalue weighted by Gasteiger charge is 2.33. The van der Waals surface area contributed by atoms with E-state index in [1.54, 1.807) is 7.05 Å². The van der Waals surface area contributed by atoms with E-state index in [1.807, 2.05) is 0 Å². The molecule has 1 unspecified atom stereocenters. The number of halogens is 3. The number of ether oxygens (including phenoxy) is 2. The molecule has 1 N–H and O–H groups in total. The van der Waals surface area contributed by atoms with Crippen LogP contribution in [0, 0.1) is 0 Å². The van der Waals surface area contributed by atoms with Gasteiger partial charge in [0.05, 0.1) is 18.4 Å². The number of pyridine rings is 1. The minimum Gasteiger partial charge on any atom is -0.495 e. The molecule has 29 heavy (non-hydrogen) atoms. The first kappa shape index (κ1) is 20.4. The summed E-state index contributed by atoms with van der Waals surface area (Å²) in [4.78, 5) is 29.3. The van der Waals surface area contributed by atoms with Crippen LogP contribution in [-0.2, 0) is 15.8 Å². The lowest BCUT2D eigenvalue weighted by Crippen LogP contribution is -2.38. The minimum atomic E-state index is -4.52. The lowest BCUT2D eigenvalue weighted by Gasteiger charge is -2.20. The Labute approximate surface area is 164 Å². The van der Waals surface area contributed by atoms with Gasteiger partial charge in [0, 0.05) is 31.8 Å². The van der Waals surface area contributed by atoms with Crippen molar-refractivity contribution in [1.29, 1.82) is 0 Å². The van der Waals surface area contributed by atoms with Crippen molar-refractivity contribution in [1.82, 2.24) is 9.88 Å². The lowest BCUT2D eigenvalue weighted by molar-refractivity contribution is -0.137. The third kappa shape index (κ3) is 4.58. The Morgan fingerprint density at radius 2 is 2.03 bits per heavy atom. The quantitative estimate of drug-likeness (QED) is 0.818. The van der Waals surface area contributed by atoms with E-state index in [1.165, 1.54) is 30.2 Å². The topological polar surface area (TPSA) is 80.8 Å². The number of alkyl halides is 3. The van der Waals surface area contributed by atoms with E-state index in [0.717, 1.165) is 18.3 Å². The van der Waals surface area contributed by atoms with Crippen LogP contribution in [0.4, 0.5) is 18.9 Å². The van der Waals surface area contributed by atoms with Crippen LogP contribution in [0.1, 0.15) is 18.4 Å². The summed E-state index contributed by atoms with van der Waals surface area (Å²) >= 11 is 0. The lowest BCUT2D eigenvalue weighted by atomic mass is 10.2. The molecule has 0 radical (unpaired) electrons. The Morgan fingerprint density at radius 3 is 2.66 bits per heavy atom. The van der Waals surface area contributed by atoms with E-state index < -0.39 is 23.7 Å². The van der Waals surface area contributed by atoms with Crippen LogP contribution in [0.2, 0.25) is 0 Å². The van der Waals surface area contributed by atoms with Gasteiger partial charge in [-0.2, -0.15) is 13.2 Å². The molecule has 7 nitrogen and oxygen atoms in total. The van der Waals surface area contributed by atoms with Crippen molar-refractivity contribution in [3.8, 4) is 17.4 Å². The highest BCUT2D eigenvalue weighted by molar-refractivity contribution is 5.99. The second-order valence-corrected chi connectivity index (χ2v) is 6.39. The molecule has 1 fully saturated rings. The summed E-state index contributed by atoms with van der Waals surface area (Å²) in [5.41, 5.74) is -0.631. The number of likely N-dealkylation sites (tertiary alicyclic amines) is 1. The molecular weight excluding hydrogens is 391 g/mol. The van der Waals surface area contributed by atoms with Gasteiger partial charge in [-0.05, 0) is 24.6 Å². The van der Waals surface area contributed by atoms with Crippen LogP contribution in [0.25, 0.3) is 0 Å². The Morgan fingerprint density at radius 1 is 1.28 bits per heavy atom. The molecule has 1 saturated heterocycles. The second kappa shape index (κ2) is 7.98. The van der Waals surface area contributed by atoms with Gasteiger partial charge in [-0.3, -0.25) is 9.59 Å². The number of methoxy groups -OCH3 is 1. The molecule has 10 heteroatoms. The van der Waals surface area contributed by atoms with Crippen molar-refractivity contribution in [2.45, 2.75) is 25.1 Å². The normalized spacial score (nSPS) is 16.7. The number of benzene rings is 1. The SMILES string of the molecule is COc1ccc(Oc2cc(C(F)(F)F)ccn2)cc1NC(=O)C1CCC(=O)N1C. The molecule has 0 bridgehead atoms. The van der Waals surface area contributed by atoms with Crippen molar-refractivity contribution in [3.63, 3.8) is 0 Å². The third-order valence-corrected chi connectivity index (χ3v) is 4.51. The molecule has 1 aliphatic rings. The molecule has 1 aliphatic heterocycles.